The Morgan fingerprint density at radius 2 is 1.95 bits per heavy atom. The molecule has 1 aliphatic heterocycles. The van der Waals surface area contributed by atoms with Gasteiger partial charge in [-0.25, -0.2) is 8.42 Å². The van der Waals surface area contributed by atoms with Gasteiger partial charge in [0.2, 0.25) is 0 Å². The minimum atomic E-state index is -3.31. The highest BCUT2D eigenvalue weighted by Gasteiger charge is 2.36. The quantitative estimate of drug-likeness (QED) is 0.852. The molecule has 4 nitrogen and oxygen atoms in total. The summed E-state index contributed by atoms with van der Waals surface area (Å²) in [6.07, 6.45) is 0.391. The fourth-order valence-electron chi connectivity index (χ4n) is 2.40. The van der Waals surface area contributed by atoms with Crippen molar-refractivity contribution in [2.24, 2.45) is 0 Å². The molecule has 5 heteroatoms. The van der Waals surface area contributed by atoms with E-state index in [1.165, 1.54) is 0 Å². The summed E-state index contributed by atoms with van der Waals surface area (Å²) >= 11 is 0. The fraction of sp³-hybridized carbons (Fsp3) is 0.571. The first-order valence-corrected chi connectivity index (χ1v) is 8.14. The van der Waals surface area contributed by atoms with Crippen molar-refractivity contribution in [3.63, 3.8) is 0 Å². The molecule has 0 radical (unpaired) electrons. The van der Waals surface area contributed by atoms with Crippen molar-refractivity contribution in [3.8, 4) is 0 Å². The van der Waals surface area contributed by atoms with Crippen molar-refractivity contribution in [3.05, 3.63) is 30.3 Å². The van der Waals surface area contributed by atoms with Crippen LogP contribution in [-0.2, 0) is 19.3 Å². The van der Waals surface area contributed by atoms with Gasteiger partial charge in [0.15, 0.2) is 16.1 Å². The number of hydrogen-bond acceptors (Lipinski definition) is 4. The van der Waals surface area contributed by atoms with Gasteiger partial charge < -0.3 is 9.47 Å². The Labute approximate surface area is 114 Å². The molecule has 19 heavy (non-hydrogen) atoms. The van der Waals surface area contributed by atoms with Gasteiger partial charge in [0.1, 0.15) is 0 Å². The first-order chi connectivity index (χ1) is 9.04. The third-order valence-corrected chi connectivity index (χ3v) is 5.49. The number of benzene rings is 1. The SMILES string of the molecule is CCOC1C[C@@H](S(=O)(=O)c2ccccc2)C[C@@H](C)O1. The molecule has 0 saturated carbocycles. The zero-order valence-electron chi connectivity index (χ0n) is 11.3. The van der Waals surface area contributed by atoms with Gasteiger partial charge in [-0.3, -0.25) is 0 Å². The lowest BCUT2D eigenvalue weighted by molar-refractivity contribution is -0.185. The zero-order valence-corrected chi connectivity index (χ0v) is 12.1. The van der Waals surface area contributed by atoms with E-state index >= 15 is 0 Å². The van der Waals surface area contributed by atoms with Gasteiger partial charge in [-0.1, -0.05) is 18.2 Å². The topological polar surface area (TPSA) is 52.6 Å². The van der Waals surface area contributed by atoms with E-state index in [2.05, 4.69) is 0 Å². The second-order valence-electron chi connectivity index (χ2n) is 4.78. The van der Waals surface area contributed by atoms with Gasteiger partial charge in [-0.05, 0) is 32.4 Å². The lowest BCUT2D eigenvalue weighted by Crippen LogP contribution is -2.39. The third-order valence-electron chi connectivity index (χ3n) is 3.30. The average molecular weight is 284 g/mol. The number of hydrogen-bond donors (Lipinski definition) is 0. The van der Waals surface area contributed by atoms with Crippen molar-refractivity contribution < 1.29 is 17.9 Å². The van der Waals surface area contributed by atoms with Crippen LogP contribution in [0.4, 0.5) is 0 Å². The van der Waals surface area contributed by atoms with Crippen molar-refractivity contribution in [1.29, 1.82) is 0 Å². The first-order valence-electron chi connectivity index (χ1n) is 6.60. The summed E-state index contributed by atoms with van der Waals surface area (Å²) in [5.74, 6) is 0. The van der Waals surface area contributed by atoms with E-state index in [1.54, 1.807) is 24.3 Å². The highest BCUT2D eigenvalue weighted by Crippen LogP contribution is 2.29. The minimum absolute atomic E-state index is 0.103. The molecule has 0 aromatic heterocycles. The molecule has 1 unspecified atom stereocenters. The number of sulfone groups is 1. The summed E-state index contributed by atoms with van der Waals surface area (Å²) in [5, 5.41) is -0.435. The molecule has 1 aromatic carbocycles. The maximum Gasteiger partial charge on any atom is 0.181 e. The van der Waals surface area contributed by atoms with E-state index in [-0.39, 0.29) is 6.10 Å². The zero-order chi connectivity index (χ0) is 13.9. The summed E-state index contributed by atoms with van der Waals surface area (Å²) in [4.78, 5) is 0.379. The lowest BCUT2D eigenvalue weighted by atomic mass is 10.1. The molecule has 1 fully saturated rings. The molecule has 0 aliphatic carbocycles. The molecule has 2 rings (SSSR count). The summed E-state index contributed by atoms with van der Waals surface area (Å²) in [7, 11) is -3.31. The molecule has 106 valence electrons. The second-order valence-corrected chi connectivity index (χ2v) is 7.01. The largest absolute Gasteiger partial charge is 0.353 e. The van der Waals surface area contributed by atoms with Crippen LogP contribution in [-0.4, -0.2) is 32.7 Å². The Morgan fingerprint density at radius 3 is 2.58 bits per heavy atom. The first kappa shape index (κ1) is 14.5. The van der Waals surface area contributed by atoms with E-state index in [0.29, 0.717) is 24.3 Å². The van der Waals surface area contributed by atoms with E-state index in [0.717, 1.165) is 0 Å². The van der Waals surface area contributed by atoms with Crippen LogP contribution in [0.3, 0.4) is 0 Å². The van der Waals surface area contributed by atoms with E-state index in [4.69, 9.17) is 9.47 Å². The molecule has 0 amide bonds. The van der Waals surface area contributed by atoms with Crippen LogP contribution in [0.25, 0.3) is 0 Å². The molecular formula is C14H20O4S. The minimum Gasteiger partial charge on any atom is -0.353 e. The maximum atomic E-state index is 12.6. The molecular weight excluding hydrogens is 264 g/mol. The van der Waals surface area contributed by atoms with Crippen molar-refractivity contribution in [2.45, 2.75) is 49.2 Å². The van der Waals surface area contributed by atoms with Crippen LogP contribution in [0.15, 0.2) is 35.2 Å². The van der Waals surface area contributed by atoms with Crippen LogP contribution >= 0.6 is 0 Å². The van der Waals surface area contributed by atoms with Crippen molar-refractivity contribution >= 4 is 9.84 Å². The predicted octanol–water partition coefficient (Wildman–Crippen LogP) is 2.39. The van der Waals surface area contributed by atoms with E-state index in [9.17, 15) is 8.42 Å². The highest BCUT2D eigenvalue weighted by atomic mass is 32.2. The summed E-state index contributed by atoms with van der Waals surface area (Å²) < 4.78 is 36.2. The van der Waals surface area contributed by atoms with Gasteiger partial charge in [0, 0.05) is 13.0 Å². The molecule has 0 spiro atoms. The monoisotopic (exact) mass is 284 g/mol. The van der Waals surface area contributed by atoms with Crippen molar-refractivity contribution in [1.82, 2.24) is 0 Å². The van der Waals surface area contributed by atoms with Gasteiger partial charge >= 0.3 is 0 Å². The molecule has 1 saturated heterocycles. The maximum absolute atomic E-state index is 12.6. The van der Waals surface area contributed by atoms with Crippen LogP contribution in [0.1, 0.15) is 26.7 Å². The number of rotatable bonds is 4. The highest BCUT2D eigenvalue weighted by molar-refractivity contribution is 7.92. The van der Waals surface area contributed by atoms with Crippen LogP contribution < -0.4 is 0 Å². The summed E-state index contributed by atoms with van der Waals surface area (Å²) in [6.45, 7) is 4.29. The standard InChI is InChI=1S/C14H20O4S/c1-3-17-14-10-13(9-11(2)18-14)19(15,16)12-7-5-4-6-8-12/h4-8,11,13-14H,3,9-10H2,1-2H3/t11-,13+,14?/m1/s1. The third kappa shape index (κ3) is 3.35. The molecule has 1 aromatic rings. The predicted molar refractivity (Wildman–Crippen MR) is 72.6 cm³/mol. The normalized spacial score (nSPS) is 28.2. The summed E-state index contributed by atoms with van der Waals surface area (Å²) in [6, 6.07) is 8.59. The Kier molecular flexibility index (Phi) is 4.60. The molecule has 0 N–H and O–H groups in total. The van der Waals surface area contributed by atoms with Gasteiger partial charge in [0.25, 0.3) is 0 Å². The van der Waals surface area contributed by atoms with Gasteiger partial charge in [-0.2, -0.15) is 0 Å². The summed E-state index contributed by atoms with van der Waals surface area (Å²) in [5.41, 5.74) is 0. The van der Waals surface area contributed by atoms with Crippen molar-refractivity contribution in [2.75, 3.05) is 6.61 Å². The van der Waals surface area contributed by atoms with Crippen LogP contribution in [0, 0.1) is 0 Å². The average Bonchev–Trinajstić information content (AvgIpc) is 2.39. The van der Waals surface area contributed by atoms with Gasteiger partial charge in [0.05, 0.1) is 16.2 Å². The van der Waals surface area contributed by atoms with E-state index in [1.807, 2.05) is 19.9 Å². The molecule has 1 aliphatic rings. The molecule has 1 heterocycles. The Bertz CT molecular complexity index is 497. The Hall–Kier alpha value is -0.910. The lowest BCUT2D eigenvalue weighted by Gasteiger charge is -2.33. The number of ether oxygens (including phenoxy) is 2. The Morgan fingerprint density at radius 1 is 1.26 bits per heavy atom. The van der Waals surface area contributed by atoms with Crippen LogP contribution in [0.5, 0.6) is 0 Å². The van der Waals surface area contributed by atoms with E-state index < -0.39 is 21.4 Å². The molecule has 0 bridgehead atoms. The molecule has 3 atom stereocenters. The Balaban J connectivity index is 2.20. The fourth-order valence-corrected chi connectivity index (χ4v) is 4.26. The second kappa shape index (κ2) is 6.03. The van der Waals surface area contributed by atoms with Crippen LogP contribution in [0.2, 0.25) is 0 Å². The van der Waals surface area contributed by atoms with Gasteiger partial charge in [-0.15, -0.1) is 0 Å². The smallest absolute Gasteiger partial charge is 0.181 e.